The van der Waals surface area contributed by atoms with Crippen molar-refractivity contribution < 1.29 is 17.9 Å². The Balaban J connectivity index is 1.76. The number of fused-ring (bicyclic) bond motifs is 1. The van der Waals surface area contributed by atoms with Gasteiger partial charge in [0.2, 0.25) is 10.0 Å². The summed E-state index contributed by atoms with van der Waals surface area (Å²) in [5.41, 5.74) is 2.70. The Hall–Kier alpha value is -2.05. The van der Waals surface area contributed by atoms with Gasteiger partial charge in [-0.15, -0.1) is 0 Å². The van der Waals surface area contributed by atoms with E-state index in [2.05, 4.69) is 4.72 Å². The molecule has 0 saturated heterocycles. The smallest absolute Gasteiger partial charge is 0.241 e. The van der Waals surface area contributed by atoms with Crippen LogP contribution in [0.1, 0.15) is 16.7 Å². The van der Waals surface area contributed by atoms with Gasteiger partial charge >= 0.3 is 0 Å². The number of hydrogen-bond acceptors (Lipinski definition) is 4. The van der Waals surface area contributed by atoms with Crippen LogP contribution in [0.15, 0.2) is 41.3 Å². The molecule has 0 spiro atoms. The van der Waals surface area contributed by atoms with Crippen molar-refractivity contribution in [3.63, 3.8) is 0 Å². The van der Waals surface area contributed by atoms with Crippen LogP contribution in [-0.4, -0.2) is 22.1 Å². The minimum Gasteiger partial charge on any atom is -0.497 e. The van der Waals surface area contributed by atoms with Crippen LogP contribution in [0.4, 0.5) is 0 Å². The summed E-state index contributed by atoms with van der Waals surface area (Å²) in [5.74, 6) is 1.53. The summed E-state index contributed by atoms with van der Waals surface area (Å²) in [6.07, 6.45) is 0.869. The monoisotopic (exact) mass is 333 g/mol. The highest BCUT2D eigenvalue weighted by Gasteiger charge is 2.18. The third kappa shape index (κ3) is 3.33. The maximum absolute atomic E-state index is 12.5. The molecule has 2 aromatic rings. The van der Waals surface area contributed by atoms with Crippen molar-refractivity contribution in [1.82, 2.24) is 4.72 Å². The first kappa shape index (κ1) is 15.8. The summed E-state index contributed by atoms with van der Waals surface area (Å²) in [6, 6.07) is 10.7. The van der Waals surface area contributed by atoms with Crippen LogP contribution in [0.5, 0.6) is 11.5 Å². The Morgan fingerprint density at radius 1 is 1.22 bits per heavy atom. The molecule has 1 aliphatic rings. The van der Waals surface area contributed by atoms with Crippen molar-refractivity contribution >= 4 is 10.0 Å². The molecule has 6 heteroatoms. The molecule has 1 aliphatic heterocycles. The summed E-state index contributed by atoms with van der Waals surface area (Å²) in [4.78, 5) is 0.266. The van der Waals surface area contributed by atoms with E-state index in [1.165, 1.54) is 0 Å². The molecule has 0 saturated carbocycles. The van der Waals surface area contributed by atoms with E-state index in [-0.39, 0.29) is 11.4 Å². The average Bonchev–Trinajstić information content (AvgIpc) is 3.00. The van der Waals surface area contributed by atoms with Gasteiger partial charge in [0.1, 0.15) is 11.5 Å². The molecule has 1 heterocycles. The van der Waals surface area contributed by atoms with Crippen LogP contribution < -0.4 is 14.2 Å². The normalized spacial score (nSPS) is 13.5. The lowest BCUT2D eigenvalue weighted by Gasteiger charge is -2.11. The van der Waals surface area contributed by atoms with Gasteiger partial charge in [-0.05, 0) is 47.9 Å². The van der Waals surface area contributed by atoms with Crippen molar-refractivity contribution in [2.45, 2.75) is 24.8 Å². The quantitative estimate of drug-likeness (QED) is 0.913. The van der Waals surface area contributed by atoms with E-state index in [1.807, 2.05) is 18.2 Å². The molecule has 1 N–H and O–H groups in total. The topological polar surface area (TPSA) is 64.6 Å². The molecule has 3 rings (SSSR count). The Morgan fingerprint density at radius 3 is 2.78 bits per heavy atom. The lowest BCUT2D eigenvalue weighted by atomic mass is 10.1. The lowest BCUT2D eigenvalue weighted by Crippen LogP contribution is -2.24. The molecule has 0 amide bonds. The molecule has 0 radical (unpaired) electrons. The van der Waals surface area contributed by atoms with Gasteiger partial charge in [-0.3, -0.25) is 0 Å². The fourth-order valence-electron chi connectivity index (χ4n) is 2.66. The summed E-state index contributed by atoms with van der Waals surface area (Å²) in [7, 11) is -2.01. The number of hydrogen-bond donors (Lipinski definition) is 1. The Morgan fingerprint density at radius 2 is 2.04 bits per heavy atom. The first-order valence-electron chi connectivity index (χ1n) is 7.38. The zero-order valence-electron chi connectivity index (χ0n) is 13.1. The van der Waals surface area contributed by atoms with Gasteiger partial charge < -0.3 is 9.47 Å². The maximum atomic E-state index is 12.5. The summed E-state index contributed by atoms with van der Waals surface area (Å²) in [6.45, 7) is 2.69. The molecule has 122 valence electrons. The largest absolute Gasteiger partial charge is 0.497 e. The molecular formula is C17H19NO4S. The molecule has 0 aromatic heterocycles. The third-order valence-corrected chi connectivity index (χ3v) is 5.45. The van der Waals surface area contributed by atoms with E-state index < -0.39 is 10.0 Å². The van der Waals surface area contributed by atoms with Crippen LogP contribution in [0, 0.1) is 6.92 Å². The van der Waals surface area contributed by atoms with Crippen molar-refractivity contribution in [1.29, 1.82) is 0 Å². The van der Waals surface area contributed by atoms with Crippen molar-refractivity contribution in [2.75, 3.05) is 13.7 Å². The Bertz CT molecular complexity index is 830. The average molecular weight is 333 g/mol. The van der Waals surface area contributed by atoms with Gasteiger partial charge in [0.25, 0.3) is 0 Å². The molecule has 5 nitrogen and oxygen atoms in total. The highest BCUT2D eigenvalue weighted by atomic mass is 32.2. The predicted molar refractivity (Wildman–Crippen MR) is 87.4 cm³/mol. The molecule has 0 fully saturated rings. The third-order valence-electron chi connectivity index (χ3n) is 3.89. The standard InChI is InChI=1S/C17H19NO4S/c1-12-9-15(21-2)4-6-17(12)23(19,20)18-11-13-3-5-16-14(10-13)7-8-22-16/h3-6,9-10,18H,7-8,11H2,1-2H3. The highest BCUT2D eigenvalue weighted by molar-refractivity contribution is 7.89. The van der Waals surface area contributed by atoms with Crippen LogP contribution in [-0.2, 0) is 23.0 Å². The second kappa shape index (κ2) is 6.22. The predicted octanol–water partition coefficient (Wildman–Crippen LogP) is 2.42. The lowest BCUT2D eigenvalue weighted by molar-refractivity contribution is 0.357. The molecule has 0 bridgehead atoms. The summed E-state index contributed by atoms with van der Waals surface area (Å²) in [5, 5.41) is 0. The van der Waals surface area contributed by atoms with E-state index in [0.717, 1.165) is 23.3 Å². The molecule has 0 unspecified atom stereocenters. The number of methoxy groups -OCH3 is 1. The SMILES string of the molecule is COc1ccc(S(=O)(=O)NCc2ccc3c(c2)CCO3)c(C)c1. The Kier molecular flexibility index (Phi) is 4.28. The van der Waals surface area contributed by atoms with E-state index in [9.17, 15) is 8.42 Å². The number of rotatable bonds is 5. The highest BCUT2D eigenvalue weighted by Crippen LogP contribution is 2.26. The van der Waals surface area contributed by atoms with Gasteiger partial charge in [-0.25, -0.2) is 13.1 Å². The van der Waals surface area contributed by atoms with Crippen LogP contribution in [0.3, 0.4) is 0 Å². The molecular weight excluding hydrogens is 314 g/mol. The molecule has 0 aliphatic carbocycles. The number of sulfonamides is 1. The summed E-state index contributed by atoms with van der Waals surface area (Å²) < 4.78 is 38.2. The Labute approximate surface area is 136 Å². The van der Waals surface area contributed by atoms with Crippen LogP contribution in [0.2, 0.25) is 0 Å². The fourth-order valence-corrected chi connectivity index (χ4v) is 3.90. The number of ether oxygens (including phenoxy) is 2. The van der Waals surface area contributed by atoms with E-state index in [0.29, 0.717) is 17.9 Å². The number of benzene rings is 2. The maximum Gasteiger partial charge on any atom is 0.241 e. The van der Waals surface area contributed by atoms with Gasteiger partial charge in [-0.1, -0.05) is 12.1 Å². The first-order valence-corrected chi connectivity index (χ1v) is 8.87. The van der Waals surface area contributed by atoms with Crippen molar-refractivity contribution in [3.05, 3.63) is 53.1 Å². The molecule has 2 aromatic carbocycles. The van der Waals surface area contributed by atoms with Gasteiger partial charge in [0.15, 0.2) is 0 Å². The van der Waals surface area contributed by atoms with Crippen molar-refractivity contribution in [3.8, 4) is 11.5 Å². The van der Waals surface area contributed by atoms with Gasteiger partial charge in [0, 0.05) is 13.0 Å². The van der Waals surface area contributed by atoms with Crippen LogP contribution in [0.25, 0.3) is 0 Å². The minimum absolute atomic E-state index is 0.251. The van der Waals surface area contributed by atoms with E-state index in [4.69, 9.17) is 9.47 Å². The number of aryl methyl sites for hydroxylation is 1. The van der Waals surface area contributed by atoms with E-state index >= 15 is 0 Å². The minimum atomic E-state index is -3.57. The zero-order valence-corrected chi connectivity index (χ0v) is 13.9. The number of nitrogens with one attached hydrogen (secondary N) is 1. The fraction of sp³-hybridized carbons (Fsp3) is 0.294. The molecule has 23 heavy (non-hydrogen) atoms. The zero-order chi connectivity index (χ0) is 16.4. The second-order valence-electron chi connectivity index (χ2n) is 5.50. The van der Waals surface area contributed by atoms with Crippen LogP contribution >= 0.6 is 0 Å². The van der Waals surface area contributed by atoms with E-state index in [1.54, 1.807) is 32.2 Å². The summed E-state index contributed by atoms with van der Waals surface area (Å²) >= 11 is 0. The van der Waals surface area contributed by atoms with Gasteiger partial charge in [0.05, 0.1) is 18.6 Å². The van der Waals surface area contributed by atoms with Gasteiger partial charge in [-0.2, -0.15) is 0 Å². The first-order chi connectivity index (χ1) is 11.0. The second-order valence-corrected chi connectivity index (χ2v) is 7.23. The van der Waals surface area contributed by atoms with Crippen molar-refractivity contribution in [2.24, 2.45) is 0 Å². The molecule has 0 atom stereocenters.